The van der Waals surface area contributed by atoms with Crippen molar-refractivity contribution in [3.8, 4) is 5.75 Å². The van der Waals surface area contributed by atoms with Crippen molar-refractivity contribution in [1.29, 1.82) is 0 Å². The second-order valence-electron chi connectivity index (χ2n) is 5.27. The maximum absolute atomic E-state index is 11.3. The number of rotatable bonds is 8. The van der Waals surface area contributed by atoms with Crippen LogP contribution >= 0.6 is 15.9 Å². The Labute approximate surface area is 155 Å². The maximum Gasteiger partial charge on any atom is 0.305 e. The van der Waals surface area contributed by atoms with E-state index in [4.69, 9.17) is 15.2 Å². The number of hydrogen-bond acceptors (Lipinski definition) is 6. The molecule has 0 saturated carbocycles. The van der Waals surface area contributed by atoms with Gasteiger partial charge in [-0.2, -0.15) is 5.10 Å². The van der Waals surface area contributed by atoms with Crippen molar-refractivity contribution in [3.63, 3.8) is 0 Å². The molecule has 0 saturated heterocycles. The maximum atomic E-state index is 11.3. The number of carbonyl (C=O) groups excluding carboxylic acids is 1. The van der Waals surface area contributed by atoms with Crippen LogP contribution in [0.2, 0.25) is 0 Å². The van der Waals surface area contributed by atoms with E-state index in [2.05, 4.69) is 26.0 Å². The van der Waals surface area contributed by atoms with E-state index in [1.807, 2.05) is 25.1 Å². The number of nitrogen functional groups attached to an aromatic ring is 1. The average Bonchev–Trinajstić information content (AvgIpc) is 2.89. The van der Waals surface area contributed by atoms with Gasteiger partial charge in [0, 0.05) is 16.5 Å². The standard InChI is InChI=1S/C17H21BrN4O3/c1-3-24-16(23)5-4-8-25-15-7-6-14(18)9-13(15)10-20-22-11-12(2)21-17(22)19/h6-7,9-11H,3-5,8H2,1-2H3,(H2,19,21). The third-order valence-electron chi connectivity index (χ3n) is 3.22. The van der Waals surface area contributed by atoms with Crippen LogP contribution in [0.4, 0.5) is 5.95 Å². The summed E-state index contributed by atoms with van der Waals surface area (Å²) in [6.45, 7) is 4.44. The van der Waals surface area contributed by atoms with E-state index in [-0.39, 0.29) is 5.97 Å². The van der Waals surface area contributed by atoms with Gasteiger partial charge >= 0.3 is 5.97 Å². The van der Waals surface area contributed by atoms with Crippen molar-refractivity contribution >= 4 is 34.1 Å². The second-order valence-corrected chi connectivity index (χ2v) is 6.18. The Hall–Kier alpha value is -2.35. The molecule has 0 spiro atoms. The molecule has 2 rings (SSSR count). The number of carbonyl (C=O) groups is 1. The van der Waals surface area contributed by atoms with E-state index >= 15 is 0 Å². The summed E-state index contributed by atoms with van der Waals surface area (Å²) in [4.78, 5) is 15.4. The lowest BCUT2D eigenvalue weighted by Gasteiger charge is -2.09. The van der Waals surface area contributed by atoms with E-state index in [9.17, 15) is 4.79 Å². The molecule has 1 heterocycles. The summed E-state index contributed by atoms with van der Waals surface area (Å²) in [5, 5.41) is 4.31. The molecule has 2 aromatic rings. The lowest BCUT2D eigenvalue weighted by molar-refractivity contribution is -0.143. The van der Waals surface area contributed by atoms with Crippen LogP contribution in [0.1, 0.15) is 31.0 Å². The number of hydrogen-bond donors (Lipinski definition) is 1. The van der Waals surface area contributed by atoms with Crippen molar-refractivity contribution in [2.75, 3.05) is 18.9 Å². The van der Waals surface area contributed by atoms with Crippen molar-refractivity contribution in [2.24, 2.45) is 5.10 Å². The summed E-state index contributed by atoms with van der Waals surface area (Å²) < 4.78 is 13.1. The molecule has 0 aliphatic heterocycles. The Morgan fingerprint density at radius 2 is 2.28 bits per heavy atom. The van der Waals surface area contributed by atoms with Gasteiger partial charge in [-0.05, 0) is 38.5 Å². The predicted molar refractivity (Wildman–Crippen MR) is 99.9 cm³/mol. The van der Waals surface area contributed by atoms with Crippen LogP contribution in [-0.2, 0) is 9.53 Å². The van der Waals surface area contributed by atoms with Gasteiger partial charge in [-0.3, -0.25) is 4.79 Å². The second kappa shape index (κ2) is 9.22. The zero-order chi connectivity index (χ0) is 18.2. The molecule has 0 amide bonds. The number of benzene rings is 1. The third kappa shape index (κ3) is 5.90. The normalized spacial score (nSPS) is 11.0. The number of esters is 1. The summed E-state index contributed by atoms with van der Waals surface area (Å²) in [6.07, 6.45) is 4.31. The minimum Gasteiger partial charge on any atom is -0.493 e. The summed E-state index contributed by atoms with van der Waals surface area (Å²) >= 11 is 3.44. The smallest absolute Gasteiger partial charge is 0.305 e. The number of nitrogens with two attached hydrogens (primary N) is 1. The summed E-state index contributed by atoms with van der Waals surface area (Å²) in [6, 6.07) is 5.62. The summed E-state index contributed by atoms with van der Waals surface area (Å²) in [7, 11) is 0. The molecule has 0 aliphatic carbocycles. The molecular weight excluding hydrogens is 388 g/mol. The minimum atomic E-state index is -0.213. The Morgan fingerprint density at radius 1 is 1.48 bits per heavy atom. The summed E-state index contributed by atoms with van der Waals surface area (Å²) in [5.41, 5.74) is 7.36. The molecule has 0 radical (unpaired) electrons. The number of aryl methyl sites for hydroxylation is 1. The van der Waals surface area contributed by atoms with Crippen LogP contribution in [-0.4, -0.2) is 35.1 Å². The highest BCUT2D eigenvalue weighted by Gasteiger charge is 2.06. The monoisotopic (exact) mass is 408 g/mol. The quantitative estimate of drug-likeness (QED) is 0.411. The molecule has 0 fully saturated rings. The molecule has 1 aromatic carbocycles. The fourth-order valence-electron chi connectivity index (χ4n) is 2.10. The van der Waals surface area contributed by atoms with Gasteiger partial charge < -0.3 is 15.2 Å². The van der Waals surface area contributed by atoms with Gasteiger partial charge in [0.25, 0.3) is 0 Å². The highest BCUT2D eigenvalue weighted by molar-refractivity contribution is 9.10. The molecule has 0 aliphatic rings. The third-order valence-corrected chi connectivity index (χ3v) is 3.71. The molecule has 7 nitrogen and oxygen atoms in total. The van der Waals surface area contributed by atoms with Gasteiger partial charge in [0.05, 0.1) is 31.3 Å². The van der Waals surface area contributed by atoms with Crippen molar-refractivity contribution in [1.82, 2.24) is 9.66 Å². The van der Waals surface area contributed by atoms with Crippen LogP contribution in [0.25, 0.3) is 0 Å². The minimum absolute atomic E-state index is 0.213. The Kier molecular flexibility index (Phi) is 7.00. The number of imidazole rings is 1. The molecule has 1 aromatic heterocycles. The van der Waals surface area contributed by atoms with E-state index in [0.717, 1.165) is 15.7 Å². The predicted octanol–water partition coefficient (Wildman–Crippen LogP) is 3.14. The van der Waals surface area contributed by atoms with Crippen molar-refractivity contribution in [3.05, 3.63) is 40.1 Å². The largest absolute Gasteiger partial charge is 0.493 e. The fourth-order valence-corrected chi connectivity index (χ4v) is 2.48. The number of nitrogens with zero attached hydrogens (tertiary/aromatic N) is 3. The first-order valence-electron chi connectivity index (χ1n) is 7.93. The number of aromatic nitrogens is 2. The average molecular weight is 409 g/mol. The highest BCUT2D eigenvalue weighted by atomic mass is 79.9. The van der Waals surface area contributed by atoms with Gasteiger partial charge in [0.15, 0.2) is 0 Å². The van der Waals surface area contributed by atoms with Gasteiger partial charge in [0.1, 0.15) is 5.75 Å². The van der Waals surface area contributed by atoms with Crippen LogP contribution < -0.4 is 10.5 Å². The van der Waals surface area contributed by atoms with Crippen LogP contribution in [0.15, 0.2) is 34.0 Å². The first-order chi connectivity index (χ1) is 12.0. The van der Waals surface area contributed by atoms with E-state index in [0.29, 0.717) is 37.8 Å². The highest BCUT2D eigenvalue weighted by Crippen LogP contribution is 2.22. The van der Waals surface area contributed by atoms with Gasteiger partial charge in [0.2, 0.25) is 5.95 Å². The van der Waals surface area contributed by atoms with Gasteiger partial charge in [-0.25, -0.2) is 9.66 Å². The molecular formula is C17H21BrN4O3. The molecule has 0 atom stereocenters. The molecule has 0 unspecified atom stereocenters. The fraction of sp³-hybridized carbons (Fsp3) is 0.353. The van der Waals surface area contributed by atoms with Gasteiger partial charge in [-0.15, -0.1) is 0 Å². The van der Waals surface area contributed by atoms with Gasteiger partial charge in [-0.1, -0.05) is 15.9 Å². The number of anilines is 1. The number of ether oxygens (including phenoxy) is 2. The Morgan fingerprint density at radius 3 is 2.96 bits per heavy atom. The zero-order valence-corrected chi connectivity index (χ0v) is 15.8. The lowest BCUT2D eigenvalue weighted by Crippen LogP contribution is -2.07. The van der Waals surface area contributed by atoms with Crippen LogP contribution in [0.5, 0.6) is 5.75 Å². The molecule has 8 heteroatoms. The van der Waals surface area contributed by atoms with E-state index in [1.165, 1.54) is 4.68 Å². The SMILES string of the molecule is CCOC(=O)CCCOc1ccc(Br)cc1C=Nn1cc(C)nc1N. The zero-order valence-electron chi connectivity index (χ0n) is 14.2. The first-order valence-corrected chi connectivity index (χ1v) is 8.72. The topological polar surface area (TPSA) is 91.7 Å². The van der Waals surface area contributed by atoms with E-state index in [1.54, 1.807) is 19.3 Å². The Bertz CT molecular complexity index is 758. The van der Waals surface area contributed by atoms with Crippen LogP contribution in [0.3, 0.4) is 0 Å². The first kappa shape index (κ1) is 19.0. The molecule has 2 N–H and O–H groups in total. The summed E-state index contributed by atoms with van der Waals surface area (Å²) in [5.74, 6) is 0.779. The number of halogens is 1. The van der Waals surface area contributed by atoms with Crippen LogP contribution in [0, 0.1) is 6.92 Å². The Balaban J connectivity index is 2.02. The van der Waals surface area contributed by atoms with E-state index < -0.39 is 0 Å². The molecule has 0 bridgehead atoms. The van der Waals surface area contributed by atoms with Crippen molar-refractivity contribution < 1.29 is 14.3 Å². The van der Waals surface area contributed by atoms with Crippen molar-refractivity contribution in [2.45, 2.75) is 26.7 Å². The lowest BCUT2D eigenvalue weighted by atomic mass is 10.2. The molecule has 25 heavy (non-hydrogen) atoms. The molecule has 134 valence electrons.